The van der Waals surface area contributed by atoms with Gasteiger partial charge in [-0.2, -0.15) is 0 Å². The van der Waals surface area contributed by atoms with E-state index >= 15 is 0 Å². The molecule has 0 saturated carbocycles. The first-order valence-corrected chi connectivity index (χ1v) is 4.64. The Bertz CT molecular complexity index is 368. The molecule has 0 saturated heterocycles. The van der Waals surface area contributed by atoms with Crippen LogP contribution in [0.15, 0.2) is 16.6 Å². The Morgan fingerprint density at radius 3 is 2.86 bits per heavy atom. The Balaban J connectivity index is 3.06. The highest BCUT2D eigenvalue weighted by Gasteiger charge is 2.14. The fourth-order valence-electron chi connectivity index (χ4n) is 0.994. The molecule has 0 heterocycles. The van der Waals surface area contributed by atoms with Crippen molar-refractivity contribution in [1.29, 1.82) is 0 Å². The van der Waals surface area contributed by atoms with E-state index < -0.39 is 11.8 Å². The molecule has 0 spiro atoms. The first-order valence-electron chi connectivity index (χ1n) is 3.85. The highest BCUT2D eigenvalue weighted by atomic mass is 79.9. The molecule has 2 N–H and O–H groups in total. The molecule has 0 aliphatic carbocycles. The standard InChI is InChI=1S/C9H9BrFNO2/c1-14-8(13)4-5-6(10)2-3-7(12)9(5)11/h2-3H,4,12H2,1H3. The minimum atomic E-state index is -0.579. The van der Waals surface area contributed by atoms with Crippen molar-refractivity contribution in [3.05, 3.63) is 28.0 Å². The summed E-state index contributed by atoms with van der Waals surface area (Å²) in [5.41, 5.74) is 5.60. The third-order valence-electron chi connectivity index (χ3n) is 1.76. The molecule has 1 aromatic carbocycles. The van der Waals surface area contributed by atoms with Gasteiger partial charge in [-0.3, -0.25) is 4.79 Å². The zero-order valence-electron chi connectivity index (χ0n) is 7.51. The van der Waals surface area contributed by atoms with Crippen molar-refractivity contribution < 1.29 is 13.9 Å². The Kier molecular flexibility index (Phi) is 3.46. The highest BCUT2D eigenvalue weighted by Crippen LogP contribution is 2.24. The van der Waals surface area contributed by atoms with Crippen LogP contribution in [0.2, 0.25) is 0 Å². The second kappa shape index (κ2) is 4.41. The number of halogens is 2. The molecule has 0 amide bonds. The zero-order chi connectivity index (χ0) is 10.7. The van der Waals surface area contributed by atoms with Crippen LogP contribution in [-0.2, 0) is 16.0 Å². The summed E-state index contributed by atoms with van der Waals surface area (Å²) in [5, 5.41) is 0. The Morgan fingerprint density at radius 1 is 1.64 bits per heavy atom. The quantitative estimate of drug-likeness (QED) is 0.654. The maximum atomic E-state index is 13.4. The smallest absolute Gasteiger partial charge is 0.310 e. The van der Waals surface area contributed by atoms with Crippen LogP contribution in [0.5, 0.6) is 0 Å². The van der Waals surface area contributed by atoms with Crippen molar-refractivity contribution in [2.24, 2.45) is 0 Å². The molecule has 0 aliphatic rings. The predicted molar refractivity (Wildman–Crippen MR) is 54.2 cm³/mol. The van der Waals surface area contributed by atoms with E-state index in [1.807, 2.05) is 0 Å². The van der Waals surface area contributed by atoms with Crippen LogP contribution < -0.4 is 5.73 Å². The number of rotatable bonds is 2. The number of hydrogen-bond acceptors (Lipinski definition) is 3. The van der Waals surface area contributed by atoms with Crippen LogP contribution >= 0.6 is 15.9 Å². The van der Waals surface area contributed by atoms with Crippen LogP contribution in [0.25, 0.3) is 0 Å². The summed E-state index contributed by atoms with van der Waals surface area (Å²) in [4.78, 5) is 10.9. The van der Waals surface area contributed by atoms with Crippen LogP contribution in [0.1, 0.15) is 5.56 Å². The normalized spacial score (nSPS) is 9.93. The lowest BCUT2D eigenvalue weighted by molar-refractivity contribution is -0.139. The number of nitrogen functional groups attached to an aromatic ring is 1. The molecule has 0 aromatic heterocycles. The van der Waals surface area contributed by atoms with Crippen molar-refractivity contribution in [3.8, 4) is 0 Å². The van der Waals surface area contributed by atoms with Gasteiger partial charge in [-0.25, -0.2) is 4.39 Å². The minimum absolute atomic E-state index is 0.0205. The van der Waals surface area contributed by atoms with Crippen molar-refractivity contribution in [2.45, 2.75) is 6.42 Å². The number of carbonyl (C=O) groups is 1. The summed E-state index contributed by atoms with van der Waals surface area (Å²) in [6, 6.07) is 3.02. The van der Waals surface area contributed by atoms with Gasteiger partial charge in [0.2, 0.25) is 0 Å². The molecular formula is C9H9BrFNO2. The van der Waals surface area contributed by atoms with Crippen LogP contribution in [-0.4, -0.2) is 13.1 Å². The van der Waals surface area contributed by atoms with E-state index in [4.69, 9.17) is 5.73 Å². The second-order valence-electron chi connectivity index (χ2n) is 2.68. The Labute approximate surface area is 89.2 Å². The summed E-state index contributed by atoms with van der Waals surface area (Å²) in [6.45, 7) is 0. The first-order chi connectivity index (χ1) is 6.56. The molecule has 3 nitrogen and oxygen atoms in total. The fourth-order valence-corrected chi connectivity index (χ4v) is 1.44. The largest absolute Gasteiger partial charge is 0.469 e. The number of hydrogen-bond donors (Lipinski definition) is 1. The number of benzene rings is 1. The molecule has 0 fully saturated rings. The molecule has 0 bridgehead atoms. The van der Waals surface area contributed by atoms with Crippen molar-refractivity contribution in [2.75, 3.05) is 12.8 Å². The van der Waals surface area contributed by atoms with E-state index in [1.165, 1.54) is 13.2 Å². The lowest BCUT2D eigenvalue weighted by Crippen LogP contribution is -2.08. The average molecular weight is 262 g/mol. The van der Waals surface area contributed by atoms with E-state index in [1.54, 1.807) is 6.07 Å². The SMILES string of the molecule is COC(=O)Cc1c(Br)ccc(N)c1F. The van der Waals surface area contributed by atoms with Crippen LogP contribution in [0.3, 0.4) is 0 Å². The van der Waals surface area contributed by atoms with Gasteiger partial charge in [-0.05, 0) is 12.1 Å². The monoisotopic (exact) mass is 261 g/mol. The molecule has 14 heavy (non-hydrogen) atoms. The van der Waals surface area contributed by atoms with Crippen LogP contribution in [0, 0.1) is 5.82 Å². The van der Waals surface area contributed by atoms with E-state index in [0.717, 1.165) is 0 Å². The van der Waals surface area contributed by atoms with E-state index in [2.05, 4.69) is 20.7 Å². The Morgan fingerprint density at radius 2 is 2.29 bits per heavy atom. The minimum Gasteiger partial charge on any atom is -0.469 e. The molecule has 0 aliphatic heterocycles. The average Bonchev–Trinajstić information content (AvgIpc) is 2.18. The molecule has 0 atom stereocenters. The molecule has 5 heteroatoms. The van der Waals surface area contributed by atoms with E-state index in [9.17, 15) is 9.18 Å². The maximum absolute atomic E-state index is 13.4. The number of nitrogens with two attached hydrogens (primary N) is 1. The summed E-state index contributed by atoms with van der Waals surface area (Å²) in [6.07, 6.45) is -0.131. The number of esters is 1. The number of anilines is 1. The third kappa shape index (κ3) is 2.23. The second-order valence-corrected chi connectivity index (χ2v) is 3.54. The lowest BCUT2D eigenvalue weighted by atomic mass is 10.1. The molecule has 0 radical (unpaired) electrons. The summed E-state index contributed by atoms with van der Waals surface area (Å²) < 4.78 is 18.3. The van der Waals surface area contributed by atoms with Gasteiger partial charge in [-0.1, -0.05) is 15.9 Å². The molecule has 76 valence electrons. The van der Waals surface area contributed by atoms with Crippen molar-refractivity contribution in [3.63, 3.8) is 0 Å². The van der Waals surface area contributed by atoms with E-state index in [0.29, 0.717) is 4.47 Å². The zero-order valence-corrected chi connectivity index (χ0v) is 9.10. The summed E-state index contributed by atoms with van der Waals surface area (Å²) >= 11 is 3.14. The van der Waals surface area contributed by atoms with Gasteiger partial charge >= 0.3 is 5.97 Å². The van der Waals surface area contributed by atoms with Gasteiger partial charge in [-0.15, -0.1) is 0 Å². The van der Waals surface area contributed by atoms with Gasteiger partial charge in [0.1, 0.15) is 0 Å². The summed E-state index contributed by atoms with van der Waals surface area (Å²) in [5.74, 6) is -1.08. The van der Waals surface area contributed by atoms with Crippen LogP contribution in [0.4, 0.5) is 10.1 Å². The van der Waals surface area contributed by atoms with Gasteiger partial charge in [0, 0.05) is 10.0 Å². The molecule has 1 rings (SSSR count). The topological polar surface area (TPSA) is 52.3 Å². The first kappa shape index (κ1) is 11.0. The number of ether oxygens (including phenoxy) is 1. The fraction of sp³-hybridized carbons (Fsp3) is 0.222. The maximum Gasteiger partial charge on any atom is 0.310 e. The van der Waals surface area contributed by atoms with Crippen molar-refractivity contribution in [1.82, 2.24) is 0 Å². The highest BCUT2D eigenvalue weighted by molar-refractivity contribution is 9.10. The Hall–Kier alpha value is -1.10. The molecular weight excluding hydrogens is 253 g/mol. The van der Waals surface area contributed by atoms with Crippen molar-refractivity contribution >= 4 is 27.6 Å². The third-order valence-corrected chi connectivity index (χ3v) is 2.51. The van der Waals surface area contributed by atoms with Gasteiger partial charge in [0.15, 0.2) is 5.82 Å². The lowest BCUT2D eigenvalue weighted by Gasteiger charge is -2.06. The molecule has 0 unspecified atom stereocenters. The molecule has 1 aromatic rings. The van der Waals surface area contributed by atoms with Gasteiger partial charge < -0.3 is 10.5 Å². The van der Waals surface area contributed by atoms with Gasteiger partial charge in [0.05, 0.1) is 19.2 Å². The van der Waals surface area contributed by atoms with E-state index in [-0.39, 0.29) is 17.7 Å². The summed E-state index contributed by atoms with van der Waals surface area (Å²) in [7, 11) is 1.25. The van der Waals surface area contributed by atoms with Gasteiger partial charge in [0.25, 0.3) is 0 Å². The number of carbonyl (C=O) groups excluding carboxylic acids is 1. The number of methoxy groups -OCH3 is 1. The predicted octanol–water partition coefficient (Wildman–Crippen LogP) is 1.89.